The van der Waals surface area contributed by atoms with E-state index in [4.69, 9.17) is 9.47 Å². The minimum Gasteiger partial charge on any atom is -0.496 e. The van der Waals surface area contributed by atoms with Gasteiger partial charge in [0.05, 0.1) is 29.8 Å². The summed E-state index contributed by atoms with van der Waals surface area (Å²) in [4.78, 5) is 22.7. The smallest absolute Gasteiger partial charge is 0.419 e. The number of anilines is 1. The molecule has 0 spiro atoms. The lowest BCUT2D eigenvalue weighted by atomic mass is 9.83. The van der Waals surface area contributed by atoms with E-state index in [2.05, 4.69) is 15.3 Å². The number of rotatable bonds is 7. The molecule has 12 heteroatoms. The van der Waals surface area contributed by atoms with E-state index in [9.17, 15) is 27.5 Å². The quantitative estimate of drug-likeness (QED) is 0.411. The number of fused-ring (bicyclic) bond motifs is 1. The van der Waals surface area contributed by atoms with Crippen molar-refractivity contribution in [1.29, 1.82) is 0 Å². The second-order valence-electron chi connectivity index (χ2n) is 9.61. The van der Waals surface area contributed by atoms with Gasteiger partial charge in [-0.15, -0.1) is 0 Å². The van der Waals surface area contributed by atoms with Crippen LogP contribution in [0.5, 0.6) is 5.75 Å². The number of benzene rings is 2. The number of methoxy groups -OCH3 is 2. The molecular formula is C27H30F4N4O4. The molecule has 0 unspecified atom stereocenters. The van der Waals surface area contributed by atoms with Crippen LogP contribution < -0.4 is 10.1 Å². The molecule has 3 aromatic rings. The standard InChI is InChI=1S/C27H30F4N4O4/c1-15(17-6-5-7-19(24(17)28)27(29,30)31)32-25-18-12-20(22(39-4)13-21(18)33-16(2)34-25)26(37)8-10-35(11-9-26)23(36)14-38-3/h5-7,12-13,15,37H,8-11,14H2,1-4H3,(H,32,33,34)/t15-/m1/s1. The fraction of sp³-hybridized carbons (Fsp3) is 0.444. The molecule has 2 aromatic carbocycles. The summed E-state index contributed by atoms with van der Waals surface area (Å²) in [5.41, 5.74) is -1.91. The van der Waals surface area contributed by atoms with Gasteiger partial charge in [0.2, 0.25) is 5.91 Å². The van der Waals surface area contributed by atoms with Gasteiger partial charge < -0.3 is 24.8 Å². The number of amides is 1. The first-order valence-electron chi connectivity index (χ1n) is 12.4. The molecular weight excluding hydrogens is 520 g/mol. The van der Waals surface area contributed by atoms with Crippen molar-refractivity contribution in [1.82, 2.24) is 14.9 Å². The maximum atomic E-state index is 14.8. The molecule has 0 aliphatic carbocycles. The van der Waals surface area contributed by atoms with Crippen molar-refractivity contribution in [3.05, 3.63) is 58.7 Å². The number of halogens is 4. The second-order valence-corrected chi connectivity index (χ2v) is 9.61. The second kappa shape index (κ2) is 10.9. The molecule has 2 heterocycles. The van der Waals surface area contributed by atoms with Crippen molar-refractivity contribution >= 4 is 22.6 Å². The third-order valence-electron chi connectivity index (χ3n) is 6.99. The third kappa shape index (κ3) is 5.76. The van der Waals surface area contributed by atoms with Crippen molar-refractivity contribution in [2.45, 2.75) is 44.5 Å². The number of carbonyl (C=O) groups excluding carboxylic acids is 1. The van der Waals surface area contributed by atoms with Gasteiger partial charge in [-0.25, -0.2) is 14.4 Å². The topological polar surface area (TPSA) is 96.8 Å². The van der Waals surface area contributed by atoms with Crippen LogP contribution in [0.15, 0.2) is 30.3 Å². The molecule has 1 atom stereocenters. The number of ether oxygens (including phenoxy) is 2. The van der Waals surface area contributed by atoms with Gasteiger partial charge in [-0.3, -0.25) is 4.79 Å². The first kappa shape index (κ1) is 28.5. The zero-order chi connectivity index (χ0) is 28.5. The summed E-state index contributed by atoms with van der Waals surface area (Å²) in [5.74, 6) is -0.493. The van der Waals surface area contributed by atoms with E-state index < -0.39 is 29.2 Å². The van der Waals surface area contributed by atoms with Crippen molar-refractivity contribution < 1.29 is 36.9 Å². The van der Waals surface area contributed by atoms with Crippen molar-refractivity contribution in [3.63, 3.8) is 0 Å². The van der Waals surface area contributed by atoms with E-state index in [0.717, 1.165) is 6.07 Å². The predicted octanol–water partition coefficient (Wildman–Crippen LogP) is 4.73. The molecule has 0 bridgehead atoms. The largest absolute Gasteiger partial charge is 0.496 e. The van der Waals surface area contributed by atoms with Gasteiger partial charge in [-0.1, -0.05) is 12.1 Å². The number of hydrogen-bond donors (Lipinski definition) is 2. The van der Waals surface area contributed by atoms with E-state index >= 15 is 0 Å². The number of alkyl halides is 3. The van der Waals surface area contributed by atoms with Crippen LogP contribution in [0.1, 0.15) is 48.3 Å². The van der Waals surface area contributed by atoms with Crippen molar-refractivity contribution in [3.8, 4) is 5.75 Å². The minimum absolute atomic E-state index is 0.0475. The van der Waals surface area contributed by atoms with Crippen LogP contribution in [0.4, 0.5) is 23.4 Å². The highest BCUT2D eigenvalue weighted by Crippen LogP contribution is 2.42. The van der Waals surface area contributed by atoms with Crippen LogP contribution in [0, 0.1) is 12.7 Å². The first-order valence-corrected chi connectivity index (χ1v) is 12.4. The van der Waals surface area contributed by atoms with Crippen LogP contribution in [-0.2, 0) is 21.3 Å². The third-order valence-corrected chi connectivity index (χ3v) is 6.99. The summed E-state index contributed by atoms with van der Waals surface area (Å²) in [6.45, 7) is 3.75. The SMILES string of the molecule is COCC(=O)N1CCC(O)(c2cc3c(N[C@H](C)c4cccc(C(F)(F)F)c4F)nc(C)nc3cc2OC)CC1. The Balaban J connectivity index is 1.72. The summed E-state index contributed by atoms with van der Waals surface area (Å²) >= 11 is 0. The fourth-order valence-electron chi connectivity index (χ4n) is 4.91. The molecule has 1 saturated heterocycles. The number of nitrogens with one attached hydrogen (secondary N) is 1. The average Bonchev–Trinajstić information content (AvgIpc) is 2.87. The van der Waals surface area contributed by atoms with Gasteiger partial charge in [-0.2, -0.15) is 13.2 Å². The number of hydrogen-bond acceptors (Lipinski definition) is 7. The summed E-state index contributed by atoms with van der Waals surface area (Å²) in [5, 5.41) is 15.1. The van der Waals surface area contributed by atoms with Gasteiger partial charge in [0.1, 0.15) is 29.8 Å². The Morgan fingerprint density at radius 1 is 1.21 bits per heavy atom. The van der Waals surface area contributed by atoms with Crippen LogP contribution >= 0.6 is 0 Å². The van der Waals surface area contributed by atoms with Crippen molar-refractivity contribution in [2.24, 2.45) is 0 Å². The number of nitrogens with zero attached hydrogens (tertiary/aromatic N) is 3. The molecule has 4 rings (SSSR count). The van der Waals surface area contributed by atoms with E-state index in [1.807, 2.05) is 0 Å². The molecule has 210 valence electrons. The summed E-state index contributed by atoms with van der Waals surface area (Å²) in [6.07, 6.45) is -4.35. The normalized spacial score (nSPS) is 16.3. The Hall–Kier alpha value is -3.51. The molecule has 1 aromatic heterocycles. The molecule has 2 N–H and O–H groups in total. The Bertz CT molecular complexity index is 1370. The van der Waals surface area contributed by atoms with Crippen molar-refractivity contribution in [2.75, 3.05) is 39.2 Å². The minimum atomic E-state index is -4.83. The Kier molecular flexibility index (Phi) is 7.99. The molecule has 1 aliphatic heterocycles. The van der Waals surface area contributed by atoms with E-state index in [1.54, 1.807) is 24.0 Å². The van der Waals surface area contributed by atoms with E-state index in [0.29, 0.717) is 47.2 Å². The highest BCUT2D eigenvalue weighted by molar-refractivity contribution is 5.91. The summed E-state index contributed by atoms with van der Waals surface area (Å²) in [7, 11) is 2.91. The molecule has 1 aliphatic rings. The van der Waals surface area contributed by atoms with Gasteiger partial charge in [0.15, 0.2) is 0 Å². The van der Waals surface area contributed by atoms with Gasteiger partial charge in [0, 0.05) is 42.8 Å². The highest BCUT2D eigenvalue weighted by atomic mass is 19.4. The number of carbonyl (C=O) groups is 1. The number of likely N-dealkylation sites (tertiary alicyclic amines) is 1. The Morgan fingerprint density at radius 3 is 2.51 bits per heavy atom. The van der Waals surface area contributed by atoms with Crippen LogP contribution in [0.25, 0.3) is 10.9 Å². The van der Waals surface area contributed by atoms with Crippen LogP contribution in [0.2, 0.25) is 0 Å². The maximum Gasteiger partial charge on any atom is 0.419 e. The zero-order valence-corrected chi connectivity index (χ0v) is 22.0. The van der Waals surface area contributed by atoms with Gasteiger partial charge >= 0.3 is 6.18 Å². The summed E-state index contributed by atoms with van der Waals surface area (Å²) < 4.78 is 65.1. The first-order chi connectivity index (χ1) is 18.4. The molecule has 1 fully saturated rings. The lowest BCUT2D eigenvalue weighted by molar-refractivity contribution is -0.140. The Morgan fingerprint density at radius 2 is 1.90 bits per heavy atom. The van der Waals surface area contributed by atoms with Crippen LogP contribution in [-0.4, -0.2) is 59.8 Å². The average molecular weight is 551 g/mol. The number of aliphatic hydroxyl groups is 1. The molecule has 8 nitrogen and oxygen atoms in total. The number of aromatic nitrogens is 2. The fourth-order valence-corrected chi connectivity index (χ4v) is 4.91. The number of piperidine rings is 1. The Labute approximate surface area is 223 Å². The van der Waals surface area contributed by atoms with Gasteiger partial charge in [0.25, 0.3) is 0 Å². The zero-order valence-electron chi connectivity index (χ0n) is 22.0. The molecule has 0 radical (unpaired) electrons. The number of aryl methyl sites for hydroxylation is 1. The molecule has 0 saturated carbocycles. The van der Waals surface area contributed by atoms with E-state index in [1.165, 1.54) is 27.2 Å². The maximum absolute atomic E-state index is 14.8. The van der Waals surface area contributed by atoms with Crippen LogP contribution in [0.3, 0.4) is 0 Å². The molecule has 39 heavy (non-hydrogen) atoms. The predicted molar refractivity (Wildman–Crippen MR) is 136 cm³/mol. The summed E-state index contributed by atoms with van der Waals surface area (Å²) in [6, 6.07) is 5.59. The van der Waals surface area contributed by atoms with E-state index in [-0.39, 0.29) is 36.7 Å². The van der Waals surface area contributed by atoms with Gasteiger partial charge in [-0.05, 0) is 38.8 Å². The lowest BCUT2D eigenvalue weighted by Gasteiger charge is -2.39. The highest BCUT2D eigenvalue weighted by Gasteiger charge is 2.38. The molecule has 1 amide bonds. The monoisotopic (exact) mass is 550 g/mol. The lowest BCUT2D eigenvalue weighted by Crippen LogP contribution is -2.46.